The van der Waals surface area contributed by atoms with E-state index in [2.05, 4.69) is 40.7 Å². The molecule has 2 saturated carbocycles. The average molecular weight is 304 g/mol. The summed E-state index contributed by atoms with van der Waals surface area (Å²) in [7, 11) is 0. The molecule has 4 unspecified atom stereocenters. The van der Waals surface area contributed by atoms with Gasteiger partial charge in [-0.25, -0.2) is 0 Å². The summed E-state index contributed by atoms with van der Waals surface area (Å²) >= 11 is 0. The Hall–Kier alpha value is -0.790. The van der Waals surface area contributed by atoms with E-state index in [9.17, 15) is 4.79 Å². The maximum atomic E-state index is 12.9. The molecule has 0 aliphatic heterocycles. The van der Waals surface area contributed by atoms with E-state index in [0.29, 0.717) is 11.8 Å². The van der Waals surface area contributed by atoms with Crippen LogP contribution in [-0.4, -0.2) is 11.6 Å². The van der Waals surface area contributed by atoms with Crippen LogP contribution in [0.5, 0.6) is 0 Å². The fraction of sp³-hybridized carbons (Fsp3) is 0.850. The van der Waals surface area contributed by atoms with Crippen LogP contribution in [0, 0.1) is 29.1 Å². The van der Waals surface area contributed by atoms with Crippen LogP contribution in [0.15, 0.2) is 11.6 Å². The number of esters is 1. The molecule has 4 atom stereocenters. The minimum atomic E-state index is -0.341. The molecule has 0 N–H and O–H groups in total. The highest BCUT2D eigenvalue weighted by Gasteiger charge is 2.57. The van der Waals surface area contributed by atoms with E-state index in [1.807, 2.05) is 0 Å². The molecule has 0 heterocycles. The Balaban J connectivity index is 1.69. The fourth-order valence-corrected chi connectivity index (χ4v) is 5.36. The van der Waals surface area contributed by atoms with E-state index in [-0.39, 0.29) is 22.9 Å². The van der Waals surface area contributed by atoms with E-state index in [0.717, 1.165) is 25.2 Å². The minimum absolute atomic E-state index is 0.0773. The van der Waals surface area contributed by atoms with Crippen molar-refractivity contribution in [2.24, 2.45) is 29.1 Å². The highest BCUT2D eigenvalue weighted by molar-refractivity contribution is 5.75. The van der Waals surface area contributed by atoms with Crippen molar-refractivity contribution in [1.29, 1.82) is 0 Å². The number of hydrogen-bond donors (Lipinski definition) is 0. The Kier molecular flexibility index (Phi) is 3.94. The SMILES string of the molecule is CC1=CCC(C(C)(C)OC(=O)C2C3CCC(C3)C2(C)C)CC1. The first kappa shape index (κ1) is 16.1. The van der Waals surface area contributed by atoms with Gasteiger partial charge in [0.05, 0.1) is 5.92 Å². The number of fused-ring (bicyclic) bond motifs is 2. The molecule has 0 amide bonds. The molecule has 2 nitrogen and oxygen atoms in total. The van der Waals surface area contributed by atoms with Crippen LogP contribution in [-0.2, 0) is 9.53 Å². The second-order valence-corrected chi connectivity index (χ2v) is 9.12. The van der Waals surface area contributed by atoms with Crippen molar-refractivity contribution in [1.82, 2.24) is 0 Å². The second kappa shape index (κ2) is 5.39. The molecule has 124 valence electrons. The summed E-state index contributed by atoms with van der Waals surface area (Å²) in [4.78, 5) is 12.9. The first-order valence-corrected chi connectivity index (χ1v) is 9.10. The summed E-state index contributed by atoms with van der Waals surface area (Å²) in [6.07, 6.45) is 9.42. The van der Waals surface area contributed by atoms with Crippen molar-refractivity contribution in [3.05, 3.63) is 11.6 Å². The Morgan fingerprint density at radius 1 is 1.27 bits per heavy atom. The van der Waals surface area contributed by atoms with Gasteiger partial charge in [-0.2, -0.15) is 0 Å². The number of carbonyl (C=O) groups is 1. The zero-order chi connectivity index (χ0) is 16.1. The second-order valence-electron chi connectivity index (χ2n) is 9.12. The molecule has 2 bridgehead atoms. The van der Waals surface area contributed by atoms with E-state index in [4.69, 9.17) is 4.74 Å². The van der Waals surface area contributed by atoms with Crippen LogP contribution in [0.2, 0.25) is 0 Å². The Bertz CT molecular complexity index is 486. The zero-order valence-corrected chi connectivity index (χ0v) is 14.9. The first-order chi connectivity index (χ1) is 10.2. The van der Waals surface area contributed by atoms with Crippen LogP contribution in [0.25, 0.3) is 0 Å². The predicted molar refractivity (Wildman–Crippen MR) is 89.4 cm³/mol. The van der Waals surface area contributed by atoms with Gasteiger partial charge in [-0.05, 0) is 76.5 Å². The zero-order valence-electron chi connectivity index (χ0n) is 14.9. The molecule has 0 spiro atoms. The molecule has 2 heteroatoms. The van der Waals surface area contributed by atoms with Gasteiger partial charge in [0.25, 0.3) is 0 Å². The molecule has 0 aromatic rings. The number of rotatable bonds is 3. The molecule has 22 heavy (non-hydrogen) atoms. The van der Waals surface area contributed by atoms with Crippen LogP contribution >= 0.6 is 0 Å². The lowest BCUT2D eigenvalue weighted by molar-refractivity contribution is -0.174. The van der Waals surface area contributed by atoms with Crippen molar-refractivity contribution < 1.29 is 9.53 Å². The van der Waals surface area contributed by atoms with E-state index < -0.39 is 0 Å². The maximum absolute atomic E-state index is 12.9. The van der Waals surface area contributed by atoms with Crippen molar-refractivity contribution in [2.45, 2.75) is 78.7 Å². The Labute approximate surface area is 135 Å². The van der Waals surface area contributed by atoms with Crippen LogP contribution in [0.3, 0.4) is 0 Å². The van der Waals surface area contributed by atoms with Gasteiger partial charge in [0.1, 0.15) is 5.60 Å². The van der Waals surface area contributed by atoms with Gasteiger partial charge in [0.2, 0.25) is 0 Å². The van der Waals surface area contributed by atoms with Crippen LogP contribution in [0.1, 0.15) is 73.1 Å². The van der Waals surface area contributed by atoms with Crippen molar-refractivity contribution in [2.75, 3.05) is 0 Å². The van der Waals surface area contributed by atoms with Crippen LogP contribution < -0.4 is 0 Å². The summed E-state index contributed by atoms with van der Waals surface area (Å²) in [6, 6.07) is 0. The smallest absolute Gasteiger partial charge is 0.310 e. The maximum Gasteiger partial charge on any atom is 0.310 e. The Morgan fingerprint density at radius 2 is 2.00 bits per heavy atom. The standard InChI is InChI=1S/C20H32O2/c1-13-6-9-15(10-7-13)20(4,5)22-18(21)17-14-8-11-16(12-14)19(17,2)3/h6,14-17H,7-12H2,1-5H3. The molecule has 3 rings (SSSR count). The summed E-state index contributed by atoms with van der Waals surface area (Å²) in [5.74, 6) is 1.94. The third-order valence-corrected chi connectivity index (χ3v) is 7.04. The molecule has 2 fully saturated rings. The van der Waals surface area contributed by atoms with Gasteiger partial charge >= 0.3 is 5.97 Å². The largest absolute Gasteiger partial charge is 0.459 e. The van der Waals surface area contributed by atoms with Crippen molar-refractivity contribution in [3.8, 4) is 0 Å². The molecular weight excluding hydrogens is 272 g/mol. The average Bonchev–Trinajstić information content (AvgIpc) is 2.96. The molecule has 0 saturated heterocycles. The van der Waals surface area contributed by atoms with Gasteiger partial charge in [-0.1, -0.05) is 25.5 Å². The predicted octanol–water partition coefficient (Wildman–Crippen LogP) is 5.13. The quantitative estimate of drug-likeness (QED) is 0.534. The van der Waals surface area contributed by atoms with Gasteiger partial charge in [-0.15, -0.1) is 0 Å². The highest BCUT2D eigenvalue weighted by Crippen LogP contribution is 2.59. The normalized spacial score (nSPS) is 37.0. The van der Waals surface area contributed by atoms with Gasteiger partial charge in [0.15, 0.2) is 0 Å². The molecule has 0 aromatic carbocycles. The third kappa shape index (κ3) is 2.63. The minimum Gasteiger partial charge on any atom is -0.459 e. The Morgan fingerprint density at radius 3 is 2.55 bits per heavy atom. The van der Waals surface area contributed by atoms with E-state index in [1.165, 1.54) is 24.8 Å². The lowest BCUT2D eigenvalue weighted by atomic mass is 9.68. The summed E-state index contributed by atoms with van der Waals surface area (Å²) in [5, 5.41) is 0. The summed E-state index contributed by atoms with van der Waals surface area (Å²) in [5.41, 5.74) is 1.26. The molecular formula is C20H32O2. The van der Waals surface area contributed by atoms with E-state index >= 15 is 0 Å². The fourth-order valence-electron chi connectivity index (χ4n) is 5.36. The van der Waals surface area contributed by atoms with Gasteiger partial charge < -0.3 is 4.74 Å². The molecule has 3 aliphatic rings. The molecule has 0 radical (unpaired) electrons. The summed E-state index contributed by atoms with van der Waals surface area (Å²) in [6.45, 7) is 11.0. The number of hydrogen-bond acceptors (Lipinski definition) is 2. The lowest BCUT2D eigenvalue weighted by Crippen LogP contribution is -2.44. The van der Waals surface area contributed by atoms with E-state index in [1.54, 1.807) is 0 Å². The van der Waals surface area contributed by atoms with Gasteiger partial charge in [-0.3, -0.25) is 4.79 Å². The molecule has 3 aliphatic carbocycles. The van der Waals surface area contributed by atoms with Crippen molar-refractivity contribution in [3.63, 3.8) is 0 Å². The number of ether oxygens (including phenoxy) is 1. The van der Waals surface area contributed by atoms with Crippen LogP contribution in [0.4, 0.5) is 0 Å². The topological polar surface area (TPSA) is 26.3 Å². The number of allylic oxidation sites excluding steroid dienone is 2. The first-order valence-electron chi connectivity index (χ1n) is 9.10. The monoisotopic (exact) mass is 304 g/mol. The highest BCUT2D eigenvalue weighted by atomic mass is 16.6. The third-order valence-electron chi connectivity index (χ3n) is 7.04. The lowest BCUT2D eigenvalue weighted by Gasteiger charge is -2.41. The molecule has 0 aromatic heterocycles. The van der Waals surface area contributed by atoms with Crippen molar-refractivity contribution >= 4 is 5.97 Å². The summed E-state index contributed by atoms with van der Waals surface area (Å²) < 4.78 is 6.12. The van der Waals surface area contributed by atoms with Gasteiger partial charge in [0, 0.05) is 5.92 Å². The number of carbonyl (C=O) groups excluding carboxylic acids is 1.